The number of β-lactam (4-membered cyclic amide) rings is 1. The molecule has 3 fully saturated rings. The molecular formula is C22H17Cl2N3O7. The highest BCUT2D eigenvalue weighted by atomic mass is 35.5. The first-order chi connectivity index (χ1) is 16.2. The number of halogens is 2. The molecule has 3 aliphatic rings. The van der Waals surface area contributed by atoms with Gasteiger partial charge in [0.25, 0.3) is 5.69 Å². The molecule has 10 nitrogen and oxygen atoms in total. The van der Waals surface area contributed by atoms with E-state index in [9.17, 15) is 24.5 Å². The van der Waals surface area contributed by atoms with Gasteiger partial charge in [0.15, 0.2) is 11.6 Å². The van der Waals surface area contributed by atoms with Crippen LogP contribution >= 0.6 is 23.2 Å². The minimum Gasteiger partial charge on any atom is -0.468 e. The van der Waals surface area contributed by atoms with Gasteiger partial charge in [0.2, 0.25) is 5.91 Å². The van der Waals surface area contributed by atoms with Crippen LogP contribution in [0.4, 0.5) is 5.69 Å². The maximum atomic E-state index is 13.3. The van der Waals surface area contributed by atoms with Crippen molar-refractivity contribution in [3.63, 3.8) is 0 Å². The Morgan fingerprint density at radius 3 is 2.38 bits per heavy atom. The Hall–Kier alpha value is -3.21. The van der Waals surface area contributed by atoms with Crippen LogP contribution in [0.1, 0.15) is 23.6 Å². The molecule has 0 aromatic heterocycles. The van der Waals surface area contributed by atoms with Gasteiger partial charge in [0, 0.05) is 27.7 Å². The molecule has 34 heavy (non-hydrogen) atoms. The number of carbonyl (C=O) groups is 3. The quantitative estimate of drug-likeness (QED) is 0.193. The lowest BCUT2D eigenvalue weighted by Gasteiger charge is -2.41. The Balaban J connectivity index is 1.47. The predicted molar refractivity (Wildman–Crippen MR) is 118 cm³/mol. The Morgan fingerprint density at radius 2 is 1.82 bits per heavy atom. The van der Waals surface area contributed by atoms with Crippen molar-refractivity contribution in [2.45, 2.75) is 36.8 Å². The van der Waals surface area contributed by atoms with Crippen LogP contribution in [0.15, 0.2) is 42.5 Å². The Kier molecular flexibility index (Phi) is 5.27. The van der Waals surface area contributed by atoms with E-state index in [1.807, 2.05) is 0 Å². The fourth-order valence-corrected chi connectivity index (χ4v) is 5.68. The molecule has 0 spiro atoms. The van der Waals surface area contributed by atoms with E-state index in [0.717, 1.165) is 0 Å². The van der Waals surface area contributed by atoms with Gasteiger partial charge < -0.3 is 14.4 Å². The molecule has 5 rings (SSSR count). The van der Waals surface area contributed by atoms with Gasteiger partial charge in [0.05, 0.1) is 30.7 Å². The lowest BCUT2D eigenvalue weighted by atomic mass is 9.89. The molecule has 2 aromatic carbocycles. The zero-order valence-corrected chi connectivity index (χ0v) is 19.2. The van der Waals surface area contributed by atoms with Gasteiger partial charge in [-0.2, -0.15) is 0 Å². The molecular weight excluding hydrogens is 489 g/mol. The largest absolute Gasteiger partial charge is 0.468 e. The summed E-state index contributed by atoms with van der Waals surface area (Å²) in [5, 5.41) is 11.5. The molecule has 5 atom stereocenters. The van der Waals surface area contributed by atoms with Crippen LogP contribution in [0.2, 0.25) is 10.0 Å². The van der Waals surface area contributed by atoms with Crippen LogP contribution in [0.3, 0.4) is 0 Å². The molecule has 0 bridgehead atoms. The van der Waals surface area contributed by atoms with Crippen molar-refractivity contribution in [3.05, 3.63) is 73.8 Å². The van der Waals surface area contributed by atoms with Crippen molar-refractivity contribution in [1.82, 2.24) is 9.80 Å². The maximum absolute atomic E-state index is 13.3. The number of hydrogen-bond acceptors (Lipinski definition) is 8. The average Bonchev–Trinajstić information content (AvgIpc) is 3.39. The number of nitro benzene ring substituents is 1. The van der Waals surface area contributed by atoms with Crippen molar-refractivity contribution in [2.75, 3.05) is 7.11 Å². The summed E-state index contributed by atoms with van der Waals surface area (Å²) in [5.41, 5.74) is -0.637. The summed E-state index contributed by atoms with van der Waals surface area (Å²) in [6.45, 7) is -0.200. The van der Waals surface area contributed by atoms with Crippen LogP contribution in [-0.4, -0.2) is 57.4 Å². The first-order valence-electron chi connectivity index (χ1n) is 10.2. The van der Waals surface area contributed by atoms with Gasteiger partial charge >= 0.3 is 11.9 Å². The molecule has 1 amide bonds. The number of non-ortho nitro benzene ring substituents is 1. The highest BCUT2D eigenvalue weighted by molar-refractivity contribution is 6.36. The summed E-state index contributed by atoms with van der Waals surface area (Å²) < 4.78 is 10.5. The number of amides is 1. The number of fused-ring (bicyclic) bond motifs is 3. The second-order valence-corrected chi connectivity index (χ2v) is 9.00. The van der Waals surface area contributed by atoms with Crippen molar-refractivity contribution >= 4 is 46.7 Å². The van der Waals surface area contributed by atoms with Crippen molar-refractivity contribution < 1.29 is 28.8 Å². The number of hydrogen-bond donors (Lipinski definition) is 0. The van der Waals surface area contributed by atoms with Gasteiger partial charge in [-0.3, -0.25) is 19.8 Å². The molecule has 0 radical (unpaired) electrons. The van der Waals surface area contributed by atoms with Gasteiger partial charge in [0.1, 0.15) is 6.61 Å². The van der Waals surface area contributed by atoms with E-state index in [1.54, 1.807) is 23.1 Å². The zero-order valence-electron chi connectivity index (χ0n) is 17.6. The highest BCUT2D eigenvalue weighted by Gasteiger charge is 2.86. The summed E-state index contributed by atoms with van der Waals surface area (Å²) in [6.07, 6.45) is -0.371. The summed E-state index contributed by atoms with van der Waals surface area (Å²) in [6, 6.07) is 8.51. The predicted octanol–water partition coefficient (Wildman–Crippen LogP) is 2.85. The zero-order chi connectivity index (χ0) is 24.4. The maximum Gasteiger partial charge on any atom is 0.331 e. The first-order valence-corrected chi connectivity index (χ1v) is 11.0. The third-order valence-corrected chi connectivity index (χ3v) is 7.23. The number of rotatable bonds is 6. The van der Waals surface area contributed by atoms with E-state index in [2.05, 4.69) is 0 Å². The summed E-state index contributed by atoms with van der Waals surface area (Å²) in [5.74, 6) is -1.79. The van der Waals surface area contributed by atoms with Crippen molar-refractivity contribution in [2.24, 2.45) is 0 Å². The fourth-order valence-electron chi connectivity index (χ4n) is 5.07. The van der Waals surface area contributed by atoms with Crippen LogP contribution in [0, 0.1) is 10.1 Å². The van der Waals surface area contributed by atoms with Crippen LogP contribution in [-0.2, 0) is 30.5 Å². The molecule has 176 valence electrons. The SMILES string of the molecule is COC(=O)[C@@]12[C@H](C(=O)OCc3ccc([N+](=O)[O-])cc3)N3C(=O)C[C@H]3N1[C@H]2c1c(Cl)cccc1Cl. The second-order valence-electron chi connectivity index (χ2n) is 8.18. The average molecular weight is 506 g/mol. The molecule has 1 unspecified atom stereocenters. The molecule has 3 saturated heterocycles. The lowest BCUT2D eigenvalue weighted by Crippen LogP contribution is -2.61. The molecule has 2 aromatic rings. The standard InChI is InChI=1S/C22H17Cl2N3O7/c1-33-21(30)22-18(17-13(23)3-2-4-14(17)24)26(22)15-9-16(28)25(15)19(22)20(29)34-10-11-5-7-12(8-6-11)27(31)32/h2-8,15,18-19H,9-10H2,1H3/t15-,18+,19+,22-,26?/m1/s1. The van der Waals surface area contributed by atoms with E-state index in [4.69, 9.17) is 32.7 Å². The number of nitro groups is 1. The van der Waals surface area contributed by atoms with E-state index < -0.39 is 40.7 Å². The van der Waals surface area contributed by atoms with E-state index in [-0.39, 0.29) is 24.6 Å². The van der Waals surface area contributed by atoms with Gasteiger partial charge in [-0.1, -0.05) is 29.3 Å². The second kappa shape index (κ2) is 7.93. The normalized spacial score (nSPS) is 28.4. The van der Waals surface area contributed by atoms with E-state index in [1.165, 1.54) is 36.3 Å². The lowest BCUT2D eigenvalue weighted by molar-refractivity contribution is -0.384. The van der Waals surface area contributed by atoms with Crippen molar-refractivity contribution in [1.29, 1.82) is 0 Å². The van der Waals surface area contributed by atoms with Gasteiger partial charge in [-0.05, 0) is 29.8 Å². The fraction of sp³-hybridized carbons (Fsp3) is 0.318. The Morgan fingerprint density at radius 1 is 1.18 bits per heavy atom. The third-order valence-electron chi connectivity index (χ3n) is 6.57. The highest BCUT2D eigenvalue weighted by Crippen LogP contribution is 2.67. The van der Waals surface area contributed by atoms with Crippen molar-refractivity contribution in [3.8, 4) is 0 Å². The van der Waals surface area contributed by atoms with E-state index in [0.29, 0.717) is 21.2 Å². The van der Waals surface area contributed by atoms with Crippen LogP contribution in [0.25, 0.3) is 0 Å². The first kappa shape index (κ1) is 22.6. The summed E-state index contributed by atoms with van der Waals surface area (Å²) >= 11 is 12.8. The summed E-state index contributed by atoms with van der Waals surface area (Å²) in [4.78, 5) is 52.2. The monoisotopic (exact) mass is 505 g/mol. The minimum atomic E-state index is -1.52. The smallest absolute Gasteiger partial charge is 0.331 e. The van der Waals surface area contributed by atoms with Crippen LogP contribution in [0.5, 0.6) is 0 Å². The topological polar surface area (TPSA) is 119 Å². The number of carbonyl (C=O) groups excluding carboxylic acids is 3. The molecule has 12 heteroatoms. The van der Waals surface area contributed by atoms with Crippen LogP contribution < -0.4 is 0 Å². The molecule has 0 N–H and O–H groups in total. The summed E-state index contributed by atoms with van der Waals surface area (Å²) in [7, 11) is 1.20. The number of esters is 2. The molecule has 0 saturated carbocycles. The molecule has 0 aliphatic carbocycles. The molecule has 3 heterocycles. The Labute approximate surface area is 203 Å². The number of benzene rings is 2. The number of nitrogens with zero attached hydrogens (tertiary/aromatic N) is 3. The Bertz CT molecular complexity index is 1220. The van der Waals surface area contributed by atoms with Gasteiger partial charge in [-0.25, -0.2) is 9.59 Å². The third kappa shape index (κ3) is 3.02. The molecule has 3 aliphatic heterocycles. The van der Waals surface area contributed by atoms with Gasteiger partial charge in [-0.15, -0.1) is 0 Å². The van der Waals surface area contributed by atoms with E-state index >= 15 is 0 Å². The number of methoxy groups -OCH3 is 1. The number of ether oxygens (including phenoxy) is 2. The minimum absolute atomic E-state index is 0.0994.